The summed E-state index contributed by atoms with van der Waals surface area (Å²) in [6.07, 6.45) is 94.3. The van der Waals surface area contributed by atoms with E-state index in [0.29, 0.717) is 19.3 Å². The molecule has 0 saturated heterocycles. The number of allylic oxidation sites excluding steroid dienone is 16. The first kappa shape index (κ1) is 78.3. The molecular weight excluding hydrogens is 1010 g/mol. The monoisotopic (exact) mass is 1140 g/mol. The Balaban J connectivity index is 4.30. The lowest BCUT2D eigenvalue weighted by atomic mass is 10.0. The maximum Gasteiger partial charge on any atom is 0.306 e. The van der Waals surface area contributed by atoms with Gasteiger partial charge in [-0.05, 0) is 122 Å². The number of unbranched alkanes of at least 4 members (excludes halogenated alkanes) is 37. The van der Waals surface area contributed by atoms with Gasteiger partial charge in [-0.2, -0.15) is 0 Å². The number of carbonyl (C=O) groups is 3. The molecule has 0 aromatic rings. The summed E-state index contributed by atoms with van der Waals surface area (Å²) in [6.45, 7) is 6.59. The number of ether oxygens (including phenoxy) is 3. The van der Waals surface area contributed by atoms with Crippen LogP contribution in [0.4, 0.5) is 0 Å². The smallest absolute Gasteiger partial charge is 0.306 e. The van der Waals surface area contributed by atoms with E-state index >= 15 is 0 Å². The Bertz CT molecular complexity index is 1590. The summed E-state index contributed by atoms with van der Waals surface area (Å²) < 4.78 is 17.0. The molecule has 0 radical (unpaired) electrons. The molecule has 6 heteroatoms. The van der Waals surface area contributed by atoms with Gasteiger partial charge in [0.1, 0.15) is 13.2 Å². The third-order valence-electron chi connectivity index (χ3n) is 15.3. The molecule has 82 heavy (non-hydrogen) atoms. The second-order valence-electron chi connectivity index (χ2n) is 23.4. The molecule has 1 atom stereocenters. The lowest BCUT2D eigenvalue weighted by molar-refractivity contribution is -0.167. The summed E-state index contributed by atoms with van der Waals surface area (Å²) in [6, 6.07) is 0. The van der Waals surface area contributed by atoms with Crippen molar-refractivity contribution in [3.05, 3.63) is 97.2 Å². The van der Waals surface area contributed by atoms with Gasteiger partial charge in [0.15, 0.2) is 6.10 Å². The lowest BCUT2D eigenvalue weighted by Gasteiger charge is -2.18. The number of hydrogen-bond donors (Lipinski definition) is 0. The fourth-order valence-corrected chi connectivity index (χ4v) is 9.95. The Morgan fingerprint density at radius 3 is 0.720 bits per heavy atom. The van der Waals surface area contributed by atoms with E-state index in [9.17, 15) is 14.4 Å². The van der Waals surface area contributed by atoms with Crippen molar-refractivity contribution in [3.8, 4) is 0 Å². The quantitative estimate of drug-likeness (QED) is 0.0261. The van der Waals surface area contributed by atoms with E-state index in [1.165, 1.54) is 186 Å². The Morgan fingerprint density at radius 2 is 0.451 bits per heavy atom. The van der Waals surface area contributed by atoms with E-state index in [4.69, 9.17) is 14.2 Å². The summed E-state index contributed by atoms with van der Waals surface area (Å²) >= 11 is 0. The number of carbonyl (C=O) groups excluding carboxylic acids is 3. The molecule has 0 aliphatic heterocycles. The maximum atomic E-state index is 12.9. The molecule has 0 amide bonds. The highest BCUT2D eigenvalue weighted by molar-refractivity contribution is 5.71. The summed E-state index contributed by atoms with van der Waals surface area (Å²) in [7, 11) is 0. The summed E-state index contributed by atoms with van der Waals surface area (Å²) in [4.78, 5) is 38.4. The van der Waals surface area contributed by atoms with Gasteiger partial charge >= 0.3 is 17.9 Å². The highest BCUT2D eigenvalue weighted by Gasteiger charge is 2.19. The summed E-state index contributed by atoms with van der Waals surface area (Å²) in [5, 5.41) is 0. The molecule has 0 heterocycles. The molecule has 0 fully saturated rings. The van der Waals surface area contributed by atoms with Gasteiger partial charge < -0.3 is 14.2 Å². The van der Waals surface area contributed by atoms with E-state index in [0.717, 1.165) is 122 Å². The lowest BCUT2D eigenvalue weighted by Crippen LogP contribution is -2.30. The van der Waals surface area contributed by atoms with Crippen molar-refractivity contribution >= 4 is 17.9 Å². The largest absolute Gasteiger partial charge is 0.462 e. The van der Waals surface area contributed by atoms with Crippen molar-refractivity contribution in [2.45, 2.75) is 354 Å². The van der Waals surface area contributed by atoms with Gasteiger partial charge in [0, 0.05) is 19.3 Å². The van der Waals surface area contributed by atoms with Crippen molar-refractivity contribution in [2.24, 2.45) is 0 Å². The van der Waals surface area contributed by atoms with Crippen LogP contribution in [0.25, 0.3) is 0 Å². The fraction of sp³-hybridized carbons (Fsp3) is 0.750. The molecule has 0 N–H and O–H groups in total. The van der Waals surface area contributed by atoms with Gasteiger partial charge in [-0.1, -0.05) is 304 Å². The van der Waals surface area contributed by atoms with Gasteiger partial charge in [0.2, 0.25) is 0 Å². The van der Waals surface area contributed by atoms with E-state index in [1.807, 2.05) is 0 Å². The summed E-state index contributed by atoms with van der Waals surface area (Å²) in [5.41, 5.74) is 0. The zero-order valence-electron chi connectivity index (χ0n) is 54.2. The molecule has 0 saturated carbocycles. The van der Waals surface area contributed by atoms with Crippen LogP contribution >= 0.6 is 0 Å². The van der Waals surface area contributed by atoms with Gasteiger partial charge in [0.05, 0.1) is 0 Å². The highest BCUT2D eigenvalue weighted by atomic mass is 16.6. The van der Waals surface area contributed by atoms with Crippen LogP contribution in [0.15, 0.2) is 97.2 Å². The molecule has 0 aliphatic rings. The first-order valence-corrected chi connectivity index (χ1v) is 35.2. The zero-order valence-corrected chi connectivity index (χ0v) is 54.2. The van der Waals surface area contributed by atoms with Gasteiger partial charge in [-0.15, -0.1) is 0 Å². The van der Waals surface area contributed by atoms with E-state index in [2.05, 4.69) is 118 Å². The van der Waals surface area contributed by atoms with Crippen LogP contribution in [0.1, 0.15) is 348 Å². The first-order chi connectivity index (χ1) is 40.5. The SMILES string of the molecule is CCCC/C=C\C/C=C\CCCCCCCC(=O)OCC(COC(=O)CCCCCCCCCCCCCCCC/C=C\C/C=C\C/C=C\CCCCCCC)OC(=O)CCCCCCCC/C=C\C/C=C\C/C=C\CCCCCCC. The van der Waals surface area contributed by atoms with Crippen molar-refractivity contribution in [1.82, 2.24) is 0 Å². The average molecular weight is 1140 g/mol. The molecule has 0 aliphatic carbocycles. The van der Waals surface area contributed by atoms with Crippen molar-refractivity contribution in [1.29, 1.82) is 0 Å². The minimum absolute atomic E-state index is 0.0866. The van der Waals surface area contributed by atoms with Gasteiger partial charge in [0.25, 0.3) is 0 Å². The third kappa shape index (κ3) is 67.1. The Labute approximate surface area is 508 Å². The van der Waals surface area contributed by atoms with Crippen LogP contribution in [-0.2, 0) is 28.6 Å². The molecular formula is C76H132O6. The normalized spacial score (nSPS) is 12.7. The minimum Gasteiger partial charge on any atom is -0.462 e. The Kier molecular flexibility index (Phi) is 66.7. The molecule has 0 rings (SSSR count). The summed E-state index contributed by atoms with van der Waals surface area (Å²) in [5.74, 6) is -0.901. The molecule has 0 aromatic heterocycles. The van der Waals surface area contributed by atoms with Crippen LogP contribution < -0.4 is 0 Å². The predicted octanol–water partition coefficient (Wildman–Crippen LogP) is 24.4. The Hall–Kier alpha value is -3.67. The van der Waals surface area contributed by atoms with E-state index in [1.54, 1.807) is 0 Å². The van der Waals surface area contributed by atoms with Crippen molar-refractivity contribution in [2.75, 3.05) is 13.2 Å². The second-order valence-corrected chi connectivity index (χ2v) is 23.4. The third-order valence-corrected chi connectivity index (χ3v) is 15.3. The molecule has 0 bridgehead atoms. The highest BCUT2D eigenvalue weighted by Crippen LogP contribution is 2.17. The zero-order chi connectivity index (χ0) is 59.2. The fourth-order valence-electron chi connectivity index (χ4n) is 9.95. The Morgan fingerprint density at radius 1 is 0.244 bits per heavy atom. The molecule has 1 unspecified atom stereocenters. The molecule has 0 spiro atoms. The number of hydrogen-bond acceptors (Lipinski definition) is 6. The standard InChI is InChI=1S/C76H132O6/c1-4-7-10-13-16-19-22-25-28-30-32-34-35-36-37-38-39-40-41-43-44-46-48-51-54-57-60-63-66-69-75(78)81-72-73(71-80-74(77)68-65-62-59-56-53-50-27-24-21-18-15-12-9-6-3)82-76(79)70-67-64-61-58-55-52-49-47-45-42-33-31-29-26-23-20-17-14-11-8-5-2/h15,18,22-27,30-33,35-36,45,47,73H,4-14,16-17,19-21,28-29,34,37-44,46,48-72H2,1-3H3/b18-15-,25-22-,26-23-,27-24-,32-30-,33-31-,36-35-,47-45-. The van der Waals surface area contributed by atoms with Crippen LogP contribution in [0.2, 0.25) is 0 Å². The molecule has 472 valence electrons. The van der Waals surface area contributed by atoms with Gasteiger partial charge in [-0.25, -0.2) is 0 Å². The topological polar surface area (TPSA) is 78.9 Å². The van der Waals surface area contributed by atoms with E-state index in [-0.39, 0.29) is 31.1 Å². The van der Waals surface area contributed by atoms with Gasteiger partial charge in [-0.3, -0.25) is 14.4 Å². The van der Waals surface area contributed by atoms with Crippen LogP contribution in [0, 0.1) is 0 Å². The molecule has 6 nitrogen and oxygen atoms in total. The predicted molar refractivity (Wildman–Crippen MR) is 357 cm³/mol. The first-order valence-electron chi connectivity index (χ1n) is 35.2. The number of esters is 3. The number of rotatable bonds is 64. The van der Waals surface area contributed by atoms with Crippen molar-refractivity contribution < 1.29 is 28.6 Å². The van der Waals surface area contributed by atoms with Crippen LogP contribution in [-0.4, -0.2) is 37.2 Å². The van der Waals surface area contributed by atoms with E-state index < -0.39 is 6.10 Å². The van der Waals surface area contributed by atoms with Crippen LogP contribution in [0.5, 0.6) is 0 Å². The minimum atomic E-state index is -0.793. The van der Waals surface area contributed by atoms with Crippen LogP contribution in [0.3, 0.4) is 0 Å². The maximum absolute atomic E-state index is 12.9. The average Bonchev–Trinajstić information content (AvgIpc) is 3.48. The second kappa shape index (κ2) is 69.8. The molecule has 0 aromatic carbocycles. The van der Waals surface area contributed by atoms with Crippen molar-refractivity contribution in [3.63, 3.8) is 0 Å².